The van der Waals surface area contributed by atoms with Gasteiger partial charge in [-0.05, 0) is 60.6 Å². The highest BCUT2D eigenvalue weighted by Gasteiger charge is 2.25. The van der Waals surface area contributed by atoms with Gasteiger partial charge >= 0.3 is 0 Å². The normalized spacial score (nSPS) is 16.6. The number of pyridine rings is 1. The molecule has 4 heterocycles. The first-order chi connectivity index (χ1) is 13.8. The number of carbonyl (C=O) groups is 1. The fourth-order valence-electron chi connectivity index (χ4n) is 4.23. The molecule has 2 aliphatic rings. The first-order valence-corrected chi connectivity index (χ1v) is 9.86. The number of aromatic amines is 1. The lowest BCUT2D eigenvalue weighted by Crippen LogP contribution is -2.38. The second-order valence-corrected chi connectivity index (χ2v) is 7.49. The number of ether oxygens (including phenoxy) is 2. The quantitative estimate of drug-likeness (QED) is 0.754. The Bertz CT molecular complexity index is 1010. The van der Waals surface area contributed by atoms with E-state index in [0.717, 1.165) is 60.4 Å². The van der Waals surface area contributed by atoms with Crippen LogP contribution in [0.15, 0.2) is 42.7 Å². The van der Waals surface area contributed by atoms with Gasteiger partial charge in [0.25, 0.3) is 0 Å². The molecule has 0 radical (unpaired) electrons. The molecular weight excluding hydrogens is 354 g/mol. The smallest absolute Gasteiger partial charge is 0.231 e. The molecule has 1 aromatic carbocycles. The Hall–Kier alpha value is -3.02. The second kappa shape index (κ2) is 7.19. The lowest BCUT2D eigenvalue weighted by molar-refractivity contribution is -0.132. The molecule has 0 spiro atoms. The monoisotopic (exact) mass is 377 g/mol. The van der Waals surface area contributed by atoms with Gasteiger partial charge in [0.05, 0.1) is 11.0 Å². The topological polar surface area (TPSA) is 67.5 Å². The molecule has 3 aromatic rings. The molecule has 1 saturated heterocycles. The summed E-state index contributed by atoms with van der Waals surface area (Å²) in [6, 6.07) is 9.91. The van der Waals surface area contributed by atoms with Gasteiger partial charge in [-0.25, -0.2) is 0 Å². The first kappa shape index (κ1) is 17.1. The first-order valence-electron chi connectivity index (χ1n) is 9.86. The van der Waals surface area contributed by atoms with Crippen molar-refractivity contribution in [2.75, 3.05) is 19.9 Å². The molecule has 1 amide bonds. The van der Waals surface area contributed by atoms with E-state index in [1.165, 1.54) is 5.56 Å². The van der Waals surface area contributed by atoms with E-state index in [2.05, 4.69) is 22.2 Å². The maximum absolute atomic E-state index is 12.7. The van der Waals surface area contributed by atoms with E-state index in [4.69, 9.17) is 9.47 Å². The highest BCUT2D eigenvalue weighted by atomic mass is 16.7. The summed E-state index contributed by atoms with van der Waals surface area (Å²) in [5.74, 6) is 2.25. The molecule has 28 heavy (non-hydrogen) atoms. The van der Waals surface area contributed by atoms with Crippen molar-refractivity contribution in [2.45, 2.75) is 31.6 Å². The average Bonchev–Trinajstić information content (AvgIpc) is 3.38. The molecular formula is C22H23N3O3. The summed E-state index contributed by atoms with van der Waals surface area (Å²) in [5.41, 5.74) is 4.54. The number of benzene rings is 1. The predicted molar refractivity (Wildman–Crippen MR) is 106 cm³/mol. The molecule has 1 fully saturated rings. The number of H-pyrrole nitrogens is 1. The zero-order valence-corrected chi connectivity index (χ0v) is 15.7. The fraction of sp³-hybridized carbons (Fsp3) is 0.364. The minimum atomic E-state index is 0.230. The van der Waals surface area contributed by atoms with E-state index in [9.17, 15) is 4.79 Å². The van der Waals surface area contributed by atoms with Crippen molar-refractivity contribution in [1.82, 2.24) is 14.9 Å². The van der Waals surface area contributed by atoms with Crippen molar-refractivity contribution < 1.29 is 14.3 Å². The fourth-order valence-corrected chi connectivity index (χ4v) is 4.23. The molecule has 0 aliphatic carbocycles. The van der Waals surface area contributed by atoms with Crippen LogP contribution in [0.4, 0.5) is 0 Å². The van der Waals surface area contributed by atoms with Gasteiger partial charge in [0.15, 0.2) is 11.5 Å². The third-order valence-corrected chi connectivity index (χ3v) is 5.82. The molecule has 6 nitrogen and oxygen atoms in total. The van der Waals surface area contributed by atoms with Gasteiger partial charge in [0.2, 0.25) is 12.7 Å². The standard InChI is InChI=1S/C22H23N3O3/c26-21(6-4-15-3-5-19-20(12-15)28-14-27-19)25-10-7-16(8-11-25)17-13-24-18-2-1-9-23-22(17)18/h1-3,5,9,12-13,16,24H,4,6-8,10-11,14H2. The lowest BCUT2D eigenvalue weighted by Gasteiger charge is -2.32. The number of rotatable bonds is 4. The Labute approximate surface area is 163 Å². The molecule has 1 N–H and O–H groups in total. The van der Waals surface area contributed by atoms with Crippen LogP contribution >= 0.6 is 0 Å². The number of amides is 1. The maximum Gasteiger partial charge on any atom is 0.231 e. The molecule has 6 heteroatoms. The highest BCUT2D eigenvalue weighted by Crippen LogP contribution is 2.34. The number of nitrogens with one attached hydrogen (secondary N) is 1. The van der Waals surface area contributed by atoms with E-state index in [-0.39, 0.29) is 12.7 Å². The summed E-state index contributed by atoms with van der Waals surface area (Å²) >= 11 is 0. The molecule has 5 rings (SSSR count). The van der Waals surface area contributed by atoms with Crippen LogP contribution in [0.2, 0.25) is 0 Å². The molecule has 144 valence electrons. The average molecular weight is 377 g/mol. The molecule has 2 aromatic heterocycles. The molecule has 0 bridgehead atoms. The van der Waals surface area contributed by atoms with E-state index >= 15 is 0 Å². The van der Waals surface area contributed by atoms with Crippen LogP contribution in [-0.2, 0) is 11.2 Å². The third kappa shape index (κ3) is 3.19. The summed E-state index contributed by atoms with van der Waals surface area (Å²) in [6.45, 7) is 1.90. The number of fused-ring (bicyclic) bond motifs is 2. The van der Waals surface area contributed by atoms with Crippen LogP contribution in [-0.4, -0.2) is 40.7 Å². The van der Waals surface area contributed by atoms with Gasteiger partial charge in [0.1, 0.15) is 0 Å². The zero-order valence-electron chi connectivity index (χ0n) is 15.7. The Kier molecular flexibility index (Phi) is 4.39. The van der Waals surface area contributed by atoms with Crippen molar-refractivity contribution in [3.8, 4) is 11.5 Å². The van der Waals surface area contributed by atoms with Gasteiger partial charge in [-0.1, -0.05) is 6.07 Å². The van der Waals surface area contributed by atoms with Gasteiger partial charge in [-0.15, -0.1) is 0 Å². The SMILES string of the molecule is O=C(CCc1ccc2c(c1)OCO2)N1CCC(c2c[nH]c3cccnc23)CC1. The van der Waals surface area contributed by atoms with E-state index in [0.29, 0.717) is 12.3 Å². The largest absolute Gasteiger partial charge is 0.454 e. The third-order valence-electron chi connectivity index (χ3n) is 5.82. The second-order valence-electron chi connectivity index (χ2n) is 7.49. The Morgan fingerprint density at radius 1 is 1.18 bits per heavy atom. The number of hydrogen-bond donors (Lipinski definition) is 1. The van der Waals surface area contributed by atoms with Crippen molar-refractivity contribution in [3.05, 3.63) is 53.9 Å². The summed E-state index contributed by atoms with van der Waals surface area (Å²) in [5, 5.41) is 0. The minimum absolute atomic E-state index is 0.230. The summed E-state index contributed by atoms with van der Waals surface area (Å²) in [4.78, 5) is 22.5. The Morgan fingerprint density at radius 2 is 2.04 bits per heavy atom. The van der Waals surface area contributed by atoms with Gasteiger partial charge in [-0.3, -0.25) is 9.78 Å². The van der Waals surface area contributed by atoms with Crippen molar-refractivity contribution in [2.24, 2.45) is 0 Å². The number of aryl methyl sites for hydroxylation is 1. The molecule has 0 saturated carbocycles. The van der Waals surface area contributed by atoms with Gasteiger partial charge in [-0.2, -0.15) is 0 Å². The van der Waals surface area contributed by atoms with Crippen LogP contribution in [0.3, 0.4) is 0 Å². The van der Waals surface area contributed by atoms with Gasteiger partial charge in [0, 0.05) is 31.9 Å². The molecule has 2 aliphatic heterocycles. The van der Waals surface area contributed by atoms with Crippen molar-refractivity contribution in [3.63, 3.8) is 0 Å². The summed E-state index contributed by atoms with van der Waals surface area (Å²) in [6.07, 6.45) is 7.15. The van der Waals surface area contributed by atoms with Crippen LogP contribution in [0.5, 0.6) is 11.5 Å². The summed E-state index contributed by atoms with van der Waals surface area (Å²) in [7, 11) is 0. The predicted octanol–water partition coefficient (Wildman–Crippen LogP) is 3.63. The number of likely N-dealkylation sites (tertiary alicyclic amines) is 1. The highest BCUT2D eigenvalue weighted by molar-refractivity contribution is 5.79. The number of aromatic nitrogens is 2. The maximum atomic E-state index is 12.7. The van der Waals surface area contributed by atoms with Gasteiger partial charge < -0.3 is 19.4 Å². The van der Waals surface area contributed by atoms with E-state index in [1.807, 2.05) is 35.4 Å². The number of carbonyl (C=O) groups excluding carboxylic acids is 1. The lowest BCUT2D eigenvalue weighted by atomic mass is 9.90. The number of piperidine rings is 1. The number of nitrogens with zero attached hydrogens (tertiary/aromatic N) is 2. The number of hydrogen-bond acceptors (Lipinski definition) is 4. The van der Waals surface area contributed by atoms with Crippen molar-refractivity contribution in [1.29, 1.82) is 0 Å². The van der Waals surface area contributed by atoms with Crippen LogP contribution < -0.4 is 9.47 Å². The Morgan fingerprint density at radius 3 is 2.93 bits per heavy atom. The summed E-state index contributed by atoms with van der Waals surface area (Å²) < 4.78 is 10.8. The molecule has 0 atom stereocenters. The van der Waals surface area contributed by atoms with E-state index in [1.54, 1.807) is 0 Å². The zero-order chi connectivity index (χ0) is 18.9. The minimum Gasteiger partial charge on any atom is -0.454 e. The Balaban J connectivity index is 1.17. The van der Waals surface area contributed by atoms with Crippen molar-refractivity contribution >= 4 is 16.9 Å². The van der Waals surface area contributed by atoms with Crippen LogP contribution in [0.25, 0.3) is 11.0 Å². The van der Waals surface area contributed by atoms with E-state index < -0.39 is 0 Å². The van der Waals surface area contributed by atoms with Crippen LogP contribution in [0, 0.1) is 0 Å². The molecule has 0 unspecified atom stereocenters. The van der Waals surface area contributed by atoms with Crippen LogP contribution in [0.1, 0.15) is 36.3 Å².